The second-order valence-corrected chi connectivity index (χ2v) is 7.60. The molecule has 0 aliphatic rings. The van der Waals surface area contributed by atoms with Gasteiger partial charge < -0.3 is 20.0 Å². The molecule has 4 aromatic heterocycles. The third-order valence-electron chi connectivity index (χ3n) is 5.73. The Labute approximate surface area is 182 Å². The van der Waals surface area contributed by atoms with Crippen molar-refractivity contribution >= 4 is 21.9 Å². The van der Waals surface area contributed by atoms with Crippen molar-refractivity contribution in [2.75, 3.05) is 13.7 Å². The lowest BCUT2D eigenvalue weighted by atomic mass is 10.00. The van der Waals surface area contributed by atoms with Crippen LogP contribution < -0.4 is 16.2 Å². The smallest absolute Gasteiger partial charge is 0.327 e. The summed E-state index contributed by atoms with van der Waals surface area (Å²) in [6.07, 6.45) is 3.35. The zero-order valence-electron chi connectivity index (χ0n) is 17.9. The zero-order chi connectivity index (χ0) is 22.4. The molecule has 9 nitrogen and oxygen atoms in total. The van der Waals surface area contributed by atoms with E-state index in [1.165, 1.54) is 0 Å². The number of nitrogens with zero attached hydrogens (tertiary/aromatic N) is 4. The minimum atomic E-state index is -0.434. The van der Waals surface area contributed by atoms with Gasteiger partial charge in [0, 0.05) is 23.7 Å². The number of benzene rings is 1. The van der Waals surface area contributed by atoms with Crippen LogP contribution in [0.1, 0.15) is 23.2 Å². The van der Waals surface area contributed by atoms with Gasteiger partial charge in [-0.3, -0.25) is 14.5 Å². The van der Waals surface area contributed by atoms with Crippen molar-refractivity contribution in [2.24, 2.45) is 5.73 Å². The number of hydrogen-bond donors (Lipinski definition) is 2. The van der Waals surface area contributed by atoms with Crippen LogP contribution in [0.4, 0.5) is 0 Å². The summed E-state index contributed by atoms with van der Waals surface area (Å²) in [6.45, 7) is 3.95. The van der Waals surface area contributed by atoms with E-state index in [0.29, 0.717) is 33.8 Å². The lowest BCUT2D eigenvalue weighted by Gasteiger charge is -2.17. The Morgan fingerprint density at radius 1 is 1.25 bits per heavy atom. The molecule has 9 heteroatoms. The average Bonchev–Trinajstić information content (AvgIpc) is 3.32. The molecule has 3 N–H and O–H groups in total. The van der Waals surface area contributed by atoms with Crippen molar-refractivity contribution in [1.82, 2.24) is 24.7 Å². The van der Waals surface area contributed by atoms with E-state index in [1.54, 1.807) is 24.1 Å². The maximum absolute atomic E-state index is 13.0. The van der Waals surface area contributed by atoms with Crippen molar-refractivity contribution < 1.29 is 9.26 Å². The molecule has 0 bridgehead atoms. The summed E-state index contributed by atoms with van der Waals surface area (Å²) in [4.78, 5) is 24.9. The van der Waals surface area contributed by atoms with Crippen molar-refractivity contribution in [3.63, 3.8) is 0 Å². The van der Waals surface area contributed by atoms with Gasteiger partial charge in [0.1, 0.15) is 11.5 Å². The van der Waals surface area contributed by atoms with Gasteiger partial charge in [-0.05, 0) is 38.1 Å². The number of pyridine rings is 2. The summed E-state index contributed by atoms with van der Waals surface area (Å²) < 4.78 is 12.7. The molecule has 0 amide bonds. The predicted molar refractivity (Wildman–Crippen MR) is 121 cm³/mol. The minimum Gasteiger partial charge on any atom is -0.496 e. The monoisotopic (exact) mass is 430 g/mol. The highest BCUT2D eigenvalue weighted by molar-refractivity contribution is 6.04. The van der Waals surface area contributed by atoms with Crippen molar-refractivity contribution in [2.45, 2.75) is 19.9 Å². The van der Waals surface area contributed by atoms with Crippen LogP contribution in [0.5, 0.6) is 5.75 Å². The maximum Gasteiger partial charge on any atom is 0.327 e. The molecule has 1 atom stereocenters. The summed E-state index contributed by atoms with van der Waals surface area (Å²) in [6, 6.07) is 8.96. The Kier molecular flexibility index (Phi) is 4.75. The molecule has 162 valence electrons. The summed E-state index contributed by atoms with van der Waals surface area (Å²) in [5.74, 6) is 1.32. The van der Waals surface area contributed by atoms with Crippen LogP contribution in [0.25, 0.3) is 33.1 Å². The normalized spacial score (nSPS) is 12.5. The summed E-state index contributed by atoms with van der Waals surface area (Å²) >= 11 is 0. The van der Waals surface area contributed by atoms with Crippen LogP contribution in [0.3, 0.4) is 0 Å². The quantitative estimate of drug-likeness (QED) is 0.439. The molecule has 0 spiro atoms. The number of imidazole rings is 1. The van der Waals surface area contributed by atoms with Crippen molar-refractivity contribution in [3.05, 3.63) is 70.4 Å². The number of nitrogens with two attached hydrogens (primary N) is 1. The second-order valence-electron chi connectivity index (χ2n) is 7.60. The molecule has 32 heavy (non-hydrogen) atoms. The fourth-order valence-corrected chi connectivity index (χ4v) is 4.29. The van der Waals surface area contributed by atoms with Crippen LogP contribution in [0.15, 0.2) is 52.0 Å². The number of aryl methyl sites for hydroxylation is 2. The van der Waals surface area contributed by atoms with Gasteiger partial charge in [-0.25, -0.2) is 4.79 Å². The Bertz CT molecular complexity index is 1480. The number of fused-ring (bicyclic) bond motifs is 3. The first-order valence-electron chi connectivity index (χ1n) is 10.2. The minimum absolute atomic E-state index is 0.210. The van der Waals surface area contributed by atoms with Gasteiger partial charge in [-0.15, -0.1) is 0 Å². The average molecular weight is 430 g/mol. The molecule has 0 radical (unpaired) electrons. The Morgan fingerprint density at radius 2 is 2.09 bits per heavy atom. The van der Waals surface area contributed by atoms with Gasteiger partial charge in [0.2, 0.25) is 0 Å². The maximum atomic E-state index is 13.0. The Morgan fingerprint density at radius 3 is 2.75 bits per heavy atom. The van der Waals surface area contributed by atoms with Gasteiger partial charge in [0.15, 0.2) is 0 Å². The van der Waals surface area contributed by atoms with E-state index < -0.39 is 6.04 Å². The number of rotatable bonds is 5. The standard InChI is InChI=1S/C23H22N6O3/c1-12-21(13(2)32-28-12)15-8-17-14(9-20(15)31-3)22-18(11-26-17)27-23(30)29(22)19(10-24)16-6-4-5-7-25-16/h4-9,11,19H,10,24H2,1-3H3,(H,27,30)/t19-/m1/s1. The SMILES string of the molecule is COc1cc2c(cc1-c1c(C)noc1C)ncc1[nH]c(=O)n([C@H](CN)c3ccccn3)c12. The van der Waals surface area contributed by atoms with E-state index in [-0.39, 0.29) is 12.2 Å². The fourth-order valence-electron chi connectivity index (χ4n) is 4.29. The van der Waals surface area contributed by atoms with Gasteiger partial charge >= 0.3 is 5.69 Å². The molecule has 5 rings (SSSR count). The summed E-state index contributed by atoms with van der Waals surface area (Å²) in [5, 5.41) is 4.83. The van der Waals surface area contributed by atoms with Crippen LogP contribution in [0, 0.1) is 13.8 Å². The Hall–Kier alpha value is -3.98. The van der Waals surface area contributed by atoms with E-state index in [9.17, 15) is 4.79 Å². The molecular formula is C23H22N6O3. The molecular weight excluding hydrogens is 408 g/mol. The van der Waals surface area contributed by atoms with Crippen LogP contribution in [0.2, 0.25) is 0 Å². The van der Waals surface area contributed by atoms with E-state index in [0.717, 1.165) is 22.2 Å². The number of hydrogen-bond acceptors (Lipinski definition) is 7. The molecule has 0 fully saturated rings. The molecule has 5 aromatic rings. The lowest BCUT2D eigenvalue weighted by Crippen LogP contribution is -2.29. The first kappa shape index (κ1) is 20.0. The topological polar surface area (TPSA) is 125 Å². The largest absolute Gasteiger partial charge is 0.496 e. The summed E-state index contributed by atoms with van der Waals surface area (Å²) in [7, 11) is 1.61. The molecule has 0 unspecified atom stereocenters. The lowest BCUT2D eigenvalue weighted by molar-refractivity contribution is 0.393. The number of ether oxygens (including phenoxy) is 1. The predicted octanol–water partition coefficient (Wildman–Crippen LogP) is 3.10. The first-order valence-corrected chi connectivity index (χ1v) is 10.2. The highest BCUT2D eigenvalue weighted by Gasteiger charge is 2.23. The van der Waals surface area contributed by atoms with Crippen LogP contribution >= 0.6 is 0 Å². The molecule has 0 saturated carbocycles. The highest BCUT2D eigenvalue weighted by atomic mass is 16.5. The van der Waals surface area contributed by atoms with Gasteiger partial charge in [-0.1, -0.05) is 11.2 Å². The summed E-state index contributed by atoms with van der Waals surface area (Å²) in [5.41, 5.74) is 11.0. The molecule has 0 aliphatic carbocycles. The number of H-pyrrole nitrogens is 1. The van der Waals surface area contributed by atoms with Crippen molar-refractivity contribution in [1.29, 1.82) is 0 Å². The van der Waals surface area contributed by atoms with Crippen molar-refractivity contribution in [3.8, 4) is 16.9 Å². The third-order valence-corrected chi connectivity index (χ3v) is 5.73. The van der Waals surface area contributed by atoms with Gasteiger partial charge in [-0.2, -0.15) is 0 Å². The van der Waals surface area contributed by atoms with Crippen LogP contribution in [-0.4, -0.2) is 38.3 Å². The number of aromatic amines is 1. The van der Waals surface area contributed by atoms with Crippen LogP contribution in [-0.2, 0) is 0 Å². The second kappa shape index (κ2) is 7.61. The van der Waals surface area contributed by atoms with E-state index in [2.05, 4.69) is 20.1 Å². The van der Waals surface area contributed by atoms with E-state index in [4.69, 9.17) is 15.0 Å². The molecule has 0 aliphatic heterocycles. The van der Waals surface area contributed by atoms with Gasteiger partial charge in [0.05, 0.1) is 52.8 Å². The van der Waals surface area contributed by atoms with E-state index in [1.807, 2.05) is 44.2 Å². The van der Waals surface area contributed by atoms with Gasteiger partial charge in [0.25, 0.3) is 0 Å². The number of aromatic nitrogens is 5. The Balaban J connectivity index is 1.83. The number of methoxy groups -OCH3 is 1. The fraction of sp³-hybridized carbons (Fsp3) is 0.217. The first-order chi connectivity index (χ1) is 15.5. The zero-order valence-corrected chi connectivity index (χ0v) is 17.9. The molecule has 0 saturated heterocycles. The molecule has 4 heterocycles. The highest BCUT2D eigenvalue weighted by Crippen LogP contribution is 2.39. The van der Waals surface area contributed by atoms with E-state index >= 15 is 0 Å². The number of nitrogens with one attached hydrogen (secondary N) is 1. The third kappa shape index (κ3) is 2.97. The molecule has 1 aromatic carbocycles.